The molecule has 0 aromatic rings. The summed E-state index contributed by atoms with van der Waals surface area (Å²) in [5.41, 5.74) is 0. The number of alkyl halides is 9. The highest BCUT2D eigenvalue weighted by molar-refractivity contribution is 8.33. The molecule has 0 aromatic carbocycles. The number of hydrogen-bond acceptors (Lipinski definition) is 4. The van der Waals surface area contributed by atoms with Gasteiger partial charge in [-0.05, 0) is 19.8 Å². The van der Waals surface area contributed by atoms with Crippen molar-refractivity contribution in [2.45, 2.75) is 49.5 Å². The molecular formula is C12H15F9O4S2. The molecule has 15 heteroatoms. The molecule has 0 radical (unpaired) electrons. The summed E-state index contributed by atoms with van der Waals surface area (Å²) in [5, 5.41) is -6.90. The normalized spacial score (nSPS) is 21.0. The Bertz CT molecular complexity index is 667. The summed E-state index contributed by atoms with van der Waals surface area (Å²) in [7, 11) is -10.2. The lowest BCUT2D eigenvalue weighted by Gasteiger charge is -2.42. The zero-order valence-electron chi connectivity index (χ0n) is 13.6. The van der Waals surface area contributed by atoms with E-state index >= 15 is 0 Å². The lowest BCUT2D eigenvalue weighted by Crippen LogP contribution is -2.63. The Morgan fingerprint density at radius 2 is 1.33 bits per heavy atom. The van der Waals surface area contributed by atoms with Crippen LogP contribution in [0, 0.1) is 0 Å². The van der Waals surface area contributed by atoms with Gasteiger partial charge in [0.05, 0.1) is 5.75 Å². The quantitative estimate of drug-likeness (QED) is 0.536. The molecule has 0 aromatic heterocycles. The molecule has 1 heterocycles. The average Bonchev–Trinajstić information content (AvgIpc) is 2.44. The Balaban J connectivity index is 3.36. The van der Waals surface area contributed by atoms with Crippen LogP contribution in [-0.4, -0.2) is 54.7 Å². The van der Waals surface area contributed by atoms with Crippen LogP contribution in [0.1, 0.15) is 26.2 Å². The molecule has 0 aliphatic carbocycles. The first-order chi connectivity index (χ1) is 11.8. The van der Waals surface area contributed by atoms with Gasteiger partial charge < -0.3 is 0 Å². The van der Waals surface area contributed by atoms with Gasteiger partial charge in [-0.2, -0.15) is 47.9 Å². The fourth-order valence-corrected chi connectivity index (χ4v) is 8.10. The Labute approximate surface area is 150 Å². The van der Waals surface area contributed by atoms with E-state index in [2.05, 4.69) is 3.63 Å². The zero-order chi connectivity index (χ0) is 21.5. The van der Waals surface area contributed by atoms with Crippen LogP contribution in [0.4, 0.5) is 39.5 Å². The van der Waals surface area contributed by atoms with Crippen LogP contribution in [0.3, 0.4) is 0 Å². The van der Waals surface area contributed by atoms with Crippen LogP contribution < -0.4 is 0 Å². The van der Waals surface area contributed by atoms with Gasteiger partial charge in [-0.15, -0.1) is 10.3 Å². The molecule has 4 nitrogen and oxygen atoms in total. The van der Waals surface area contributed by atoms with Crippen LogP contribution >= 0.6 is 10.3 Å². The number of halogens is 9. The SMILES string of the molecule is CC(=O)CS1(OS(=O)(=O)C(F)(F)C(F)(F)C(F)(F)C(F)(F)F)CCCCC1. The summed E-state index contributed by atoms with van der Waals surface area (Å²) in [6.45, 7) is 0.934. The van der Waals surface area contributed by atoms with E-state index in [-0.39, 0.29) is 24.3 Å². The Morgan fingerprint density at radius 3 is 1.70 bits per heavy atom. The topological polar surface area (TPSA) is 60.4 Å². The highest BCUT2D eigenvalue weighted by Crippen LogP contribution is 2.60. The molecule has 1 aliphatic heterocycles. The molecule has 1 rings (SSSR count). The molecule has 0 saturated carbocycles. The summed E-state index contributed by atoms with van der Waals surface area (Å²) < 4.78 is 144. The highest BCUT2D eigenvalue weighted by Gasteiger charge is 2.86. The van der Waals surface area contributed by atoms with Crippen LogP contribution in [0.5, 0.6) is 0 Å². The standard InChI is InChI=1S/C12H15F9O4S2/c1-8(22)7-26(5-3-2-4-6-26)25-27(23,24)12(20,21)10(15,16)9(13,14)11(17,18)19/h2-7H2,1H3. The monoisotopic (exact) mass is 458 g/mol. The van der Waals surface area contributed by atoms with E-state index in [9.17, 15) is 52.7 Å². The molecular weight excluding hydrogens is 443 g/mol. The summed E-state index contributed by atoms with van der Waals surface area (Å²) in [5.74, 6) is -16.7. The van der Waals surface area contributed by atoms with E-state index in [1.807, 2.05) is 0 Å². The summed E-state index contributed by atoms with van der Waals surface area (Å²) >= 11 is 0. The second-order valence-electron chi connectivity index (χ2n) is 5.97. The number of carbonyl (C=O) groups is 1. The molecule has 0 atom stereocenters. The van der Waals surface area contributed by atoms with E-state index in [4.69, 9.17) is 0 Å². The molecule has 0 amide bonds. The number of ketones is 1. The van der Waals surface area contributed by atoms with Crippen LogP contribution in [-0.2, 0) is 18.5 Å². The molecule has 0 N–H and O–H groups in total. The van der Waals surface area contributed by atoms with Gasteiger partial charge in [-0.25, -0.2) is 3.63 Å². The van der Waals surface area contributed by atoms with Crippen LogP contribution in [0.2, 0.25) is 0 Å². The molecule has 0 unspecified atom stereocenters. The van der Waals surface area contributed by atoms with E-state index in [0.29, 0.717) is 6.42 Å². The molecule has 162 valence electrons. The third-order valence-corrected chi connectivity index (χ3v) is 9.42. The highest BCUT2D eigenvalue weighted by atomic mass is 32.3. The van der Waals surface area contributed by atoms with Crippen molar-refractivity contribution >= 4 is 26.2 Å². The maximum Gasteiger partial charge on any atom is 0.460 e. The maximum atomic E-state index is 13.8. The number of Topliss-reactive ketones (excluding diaryl/α,β-unsaturated/α-hetero) is 1. The van der Waals surface area contributed by atoms with Crippen molar-refractivity contribution < 1.29 is 56.4 Å². The molecule has 0 bridgehead atoms. The van der Waals surface area contributed by atoms with Crippen molar-refractivity contribution in [1.82, 2.24) is 0 Å². The lowest BCUT2D eigenvalue weighted by atomic mass is 10.1. The van der Waals surface area contributed by atoms with Crippen molar-refractivity contribution in [2.24, 2.45) is 0 Å². The predicted octanol–water partition coefficient (Wildman–Crippen LogP) is 4.25. The van der Waals surface area contributed by atoms with E-state index < -0.39 is 55.2 Å². The molecule has 1 aliphatic rings. The van der Waals surface area contributed by atoms with Crippen molar-refractivity contribution in [3.63, 3.8) is 0 Å². The van der Waals surface area contributed by atoms with Crippen molar-refractivity contribution in [2.75, 3.05) is 17.3 Å². The lowest BCUT2D eigenvalue weighted by molar-refractivity contribution is -0.382. The minimum absolute atomic E-state index is 0.179. The van der Waals surface area contributed by atoms with Gasteiger partial charge in [-0.3, -0.25) is 4.79 Å². The fourth-order valence-electron chi connectivity index (χ4n) is 2.37. The molecule has 0 spiro atoms. The first kappa shape index (κ1) is 24.3. The van der Waals surface area contributed by atoms with Crippen molar-refractivity contribution in [1.29, 1.82) is 0 Å². The van der Waals surface area contributed by atoms with Gasteiger partial charge in [-0.1, -0.05) is 6.42 Å². The third kappa shape index (κ3) is 4.33. The van der Waals surface area contributed by atoms with Gasteiger partial charge in [0.25, 0.3) is 0 Å². The maximum absolute atomic E-state index is 13.8. The predicted molar refractivity (Wildman–Crippen MR) is 77.6 cm³/mol. The second-order valence-corrected chi connectivity index (χ2v) is 11.0. The minimum Gasteiger partial charge on any atom is -0.299 e. The van der Waals surface area contributed by atoms with E-state index in [0.717, 1.165) is 6.92 Å². The van der Waals surface area contributed by atoms with Gasteiger partial charge in [0, 0.05) is 11.5 Å². The average molecular weight is 458 g/mol. The number of rotatable bonds is 7. The van der Waals surface area contributed by atoms with E-state index in [1.165, 1.54) is 0 Å². The van der Waals surface area contributed by atoms with Crippen LogP contribution in [0.25, 0.3) is 0 Å². The number of carbonyl (C=O) groups excluding carboxylic acids is 1. The summed E-state index contributed by atoms with van der Waals surface area (Å²) in [4.78, 5) is 11.3. The molecule has 1 fully saturated rings. The summed E-state index contributed by atoms with van der Waals surface area (Å²) in [6, 6.07) is 0. The Kier molecular flexibility index (Phi) is 6.56. The van der Waals surface area contributed by atoms with Crippen molar-refractivity contribution in [3.05, 3.63) is 0 Å². The van der Waals surface area contributed by atoms with Gasteiger partial charge >= 0.3 is 33.4 Å². The van der Waals surface area contributed by atoms with E-state index in [1.54, 1.807) is 0 Å². The Morgan fingerprint density at radius 1 is 0.889 bits per heavy atom. The smallest absolute Gasteiger partial charge is 0.299 e. The van der Waals surface area contributed by atoms with Gasteiger partial charge in [0.15, 0.2) is 0 Å². The Hall–Kier alpha value is -0.700. The largest absolute Gasteiger partial charge is 0.460 e. The minimum atomic E-state index is -7.35. The third-order valence-electron chi connectivity index (χ3n) is 3.66. The fraction of sp³-hybridized carbons (Fsp3) is 0.917. The van der Waals surface area contributed by atoms with Crippen LogP contribution in [0.15, 0.2) is 0 Å². The zero-order valence-corrected chi connectivity index (χ0v) is 15.2. The number of hydrogen-bond donors (Lipinski definition) is 0. The molecule has 1 saturated heterocycles. The summed E-state index contributed by atoms with van der Waals surface area (Å²) in [6.07, 6.45) is -6.31. The molecule has 27 heavy (non-hydrogen) atoms. The first-order valence-corrected chi connectivity index (χ1v) is 10.7. The van der Waals surface area contributed by atoms with Crippen molar-refractivity contribution in [3.8, 4) is 0 Å². The van der Waals surface area contributed by atoms with Gasteiger partial charge in [0.1, 0.15) is 5.78 Å². The van der Waals surface area contributed by atoms with Gasteiger partial charge in [0.2, 0.25) is 0 Å². The second kappa shape index (κ2) is 7.28. The first-order valence-electron chi connectivity index (χ1n) is 7.25.